The van der Waals surface area contributed by atoms with Gasteiger partial charge in [0.15, 0.2) is 6.20 Å². The predicted molar refractivity (Wildman–Crippen MR) is 98.7 cm³/mol. The summed E-state index contributed by atoms with van der Waals surface area (Å²) in [5.41, 5.74) is 2.02. The van der Waals surface area contributed by atoms with Crippen molar-refractivity contribution in [3.63, 3.8) is 0 Å². The zero-order chi connectivity index (χ0) is 21.1. The highest BCUT2D eigenvalue weighted by Gasteiger charge is 2.31. The van der Waals surface area contributed by atoms with Gasteiger partial charge in [-0.25, -0.2) is 8.42 Å². The molecular weight excluding hydrogens is 391 g/mol. The summed E-state index contributed by atoms with van der Waals surface area (Å²) >= 11 is 0. The van der Waals surface area contributed by atoms with Gasteiger partial charge in [-0.2, -0.15) is 17.7 Å². The van der Waals surface area contributed by atoms with Crippen molar-refractivity contribution >= 4 is 21.0 Å². The van der Waals surface area contributed by atoms with Gasteiger partial charge in [0.05, 0.1) is 10.5 Å². The smallest absolute Gasteiger partial charge is 0.416 e. The number of aryl methyl sites for hydroxylation is 3. The van der Waals surface area contributed by atoms with Gasteiger partial charge in [0.2, 0.25) is 5.52 Å². The lowest BCUT2D eigenvalue weighted by Gasteiger charge is -2.08. The number of hydrogen-bond acceptors (Lipinski definition) is 3. The summed E-state index contributed by atoms with van der Waals surface area (Å²) in [4.78, 5) is -0.178. The Kier molecular flexibility index (Phi) is 6.46. The van der Waals surface area contributed by atoms with Crippen LogP contribution in [0.1, 0.15) is 23.6 Å². The van der Waals surface area contributed by atoms with E-state index in [-0.39, 0.29) is 4.90 Å². The minimum absolute atomic E-state index is 0.178. The SMILES string of the molecule is CC[n+]1ccc(C)c2cc(C(F)(F)F)ccc21.Cc1ccc(S(=O)(=O)[O-])cc1. The number of benzene rings is 2. The van der Waals surface area contributed by atoms with Gasteiger partial charge in [0.25, 0.3) is 0 Å². The van der Waals surface area contributed by atoms with Gasteiger partial charge < -0.3 is 4.55 Å². The highest BCUT2D eigenvalue weighted by atomic mass is 32.2. The van der Waals surface area contributed by atoms with Crippen LogP contribution in [0.4, 0.5) is 13.2 Å². The van der Waals surface area contributed by atoms with Crippen LogP contribution in [-0.2, 0) is 22.8 Å². The van der Waals surface area contributed by atoms with Crippen molar-refractivity contribution in [3.05, 3.63) is 71.4 Å². The molecule has 150 valence electrons. The van der Waals surface area contributed by atoms with Gasteiger partial charge in [-0.05, 0) is 50.6 Å². The minimum atomic E-state index is -4.28. The van der Waals surface area contributed by atoms with Crippen molar-refractivity contribution in [1.82, 2.24) is 0 Å². The van der Waals surface area contributed by atoms with Crippen LogP contribution in [0, 0.1) is 13.8 Å². The van der Waals surface area contributed by atoms with E-state index in [1.54, 1.807) is 12.1 Å². The van der Waals surface area contributed by atoms with Gasteiger partial charge in [-0.1, -0.05) is 17.7 Å². The average molecular weight is 411 g/mol. The second-order valence-electron chi connectivity index (χ2n) is 6.28. The van der Waals surface area contributed by atoms with Crippen LogP contribution in [-0.4, -0.2) is 13.0 Å². The molecule has 0 atom stereocenters. The molecule has 0 radical (unpaired) electrons. The number of pyridine rings is 1. The quantitative estimate of drug-likeness (QED) is 0.465. The molecule has 0 aliphatic rings. The molecule has 2 aromatic carbocycles. The topological polar surface area (TPSA) is 61.1 Å². The Labute approximate surface area is 162 Å². The Morgan fingerprint density at radius 3 is 2.11 bits per heavy atom. The summed E-state index contributed by atoms with van der Waals surface area (Å²) < 4.78 is 71.0. The maximum Gasteiger partial charge on any atom is 0.416 e. The standard InChI is InChI=1S/C13H13F3N.C7H8O3S/c1-3-17-7-6-9(2)11-8-10(13(14,15)16)4-5-12(11)17;1-6-2-4-7(5-3-6)11(8,9)10/h4-8H,3H2,1-2H3;2-5H,1H3,(H,8,9,10)/q+1;/p-1. The molecule has 0 spiro atoms. The van der Waals surface area contributed by atoms with Crippen molar-refractivity contribution in [2.45, 2.75) is 38.4 Å². The number of fused-ring (bicyclic) bond motifs is 1. The maximum atomic E-state index is 12.6. The summed E-state index contributed by atoms with van der Waals surface area (Å²) in [7, 11) is -4.27. The van der Waals surface area contributed by atoms with Crippen molar-refractivity contribution in [1.29, 1.82) is 0 Å². The van der Waals surface area contributed by atoms with Crippen molar-refractivity contribution in [2.75, 3.05) is 0 Å². The Hall–Kier alpha value is -2.45. The third-order valence-electron chi connectivity index (χ3n) is 4.21. The minimum Gasteiger partial charge on any atom is -0.744 e. The number of alkyl halides is 3. The van der Waals surface area contributed by atoms with E-state index in [1.165, 1.54) is 24.3 Å². The molecule has 0 aliphatic heterocycles. The number of aromatic nitrogens is 1. The van der Waals surface area contributed by atoms with Crippen molar-refractivity contribution in [3.8, 4) is 0 Å². The lowest BCUT2D eigenvalue weighted by molar-refractivity contribution is -0.667. The molecule has 1 aromatic heterocycles. The van der Waals surface area contributed by atoms with Gasteiger partial charge in [0, 0.05) is 17.5 Å². The van der Waals surface area contributed by atoms with Crippen LogP contribution in [0.5, 0.6) is 0 Å². The van der Waals surface area contributed by atoms with Crippen LogP contribution >= 0.6 is 0 Å². The van der Waals surface area contributed by atoms with E-state index in [1.807, 2.05) is 37.6 Å². The molecule has 0 saturated heterocycles. The van der Waals surface area contributed by atoms with E-state index in [0.29, 0.717) is 5.39 Å². The first-order chi connectivity index (χ1) is 12.9. The zero-order valence-electron chi connectivity index (χ0n) is 15.6. The molecule has 0 amide bonds. The summed E-state index contributed by atoms with van der Waals surface area (Å²) in [6, 6.07) is 11.5. The Bertz CT molecular complexity index is 1080. The second kappa shape index (κ2) is 8.28. The molecule has 8 heteroatoms. The molecule has 0 unspecified atom stereocenters. The number of nitrogens with zero attached hydrogens (tertiary/aromatic N) is 1. The third-order valence-corrected chi connectivity index (χ3v) is 5.06. The number of rotatable bonds is 2. The highest BCUT2D eigenvalue weighted by molar-refractivity contribution is 7.85. The van der Waals surface area contributed by atoms with E-state index in [2.05, 4.69) is 0 Å². The molecule has 28 heavy (non-hydrogen) atoms. The molecule has 0 fully saturated rings. The molecule has 0 bridgehead atoms. The Balaban J connectivity index is 0.000000221. The first-order valence-corrected chi connectivity index (χ1v) is 9.87. The normalized spacial score (nSPS) is 11.8. The number of halogens is 3. The Morgan fingerprint density at radius 1 is 1.00 bits per heavy atom. The molecule has 3 rings (SSSR count). The lowest BCUT2D eigenvalue weighted by Crippen LogP contribution is -2.32. The fraction of sp³-hybridized carbons (Fsp3) is 0.250. The van der Waals surface area contributed by atoms with E-state index >= 15 is 0 Å². The first-order valence-electron chi connectivity index (χ1n) is 8.46. The summed E-state index contributed by atoms with van der Waals surface area (Å²) in [5, 5.41) is 0.657. The molecule has 0 aliphatic carbocycles. The zero-order valence-corrected chi connectivity index (χ0v) is 16.4. The van der Waals surface area contributed by atoms with E-state index in [0.717, 1.165) is 29.3 Å². The van der Waals surface area contributed by atoms with Gasteiger partial charge in [-0.15, -0.1) is 0 Å². The fourth-order valence-electron chi connectivity index (χ4n) is 2.63. The predicted octanol–water partition coefficient (Wildman–Crippen LogP) is 4.37. The van der Waals surface area contributed by atoms with Gasteiger partial charge in [0.1, 0.15) is 16.7 Å². The van der Waals surface area contributed by atoms with Crippen LogP contribution in [0.15, 0.2) is 59.6 Å². The van der Waals surface area contributed by atoms with Crippen molar-refractivity contribution < 1.29 is 30.7 Å². The average Bonchev–Trinajstić information content (AvgIpc) is 2.61. The van der Waals surface area contributed by atoms with Crippen molar-refractivity contribution in [2.24, 2.45) is 0 Å². The van der Waals surface area contributed by atoms with Gasteiger partial charge in [-0.3, -0.25) is 0 Å². The monoisotopic (exact) mass is 411 g/mol. The molecule has 3 aromatic rings. The fourth-order valence-corrected chi connectivity index (χ4v) is 3.10. The first kappa shape index (κ1) is 21.8. The molecule has 4 nitrogen and oxygen atoms in total. The van der Waals surface area contributed by atoms with E-state index in [4.69, 9.17) is 0 Å². The molecule has 1 heterocycles. The van der Waals surface area contributed by atoms with Crippen LogP contribution in [0.3, 0.4) is 0 Å². The maximum absolute atomic E-state index is 12.6. The molecule has 0 N–H and O–H groups in total. The second-order valence-corrected chi connectivity index (χ2v) is 7.66. The lowest BCUT2D eigenvalue weighted by atomic mass is 10.1. The summed E-state index contributed by atoms with van der Waals surface area (Å²) in [5.74, 6) is 0. The van der Waals surface area contributed by atoms with E-state index in [9.17, 15) is 26.1 Å². The molecule has 0 saturated carbocycles. The van der Waals surface area contributed by atoms with Crippen LogP contribution in [0.25, 0.3) is 10.9 Å². The highest BCUT2D eigenvalue weighted by Crippen LogP contribution is 2.31. The summed E-state index contributed by atoms with van der Waals surface area (Å²) in [6.45, 7) is 6.35. The Morgan fingerprint density at radius 2 is 1.61 bits per heavy atom. The molecular formula is C20H20F3NO3S. The number of hydrogen-bond donors (Lipinski definition) is 0. The van der Waals surface area contributed by atoms with Crippen LogP contribution < -0.4 is 4.57 Å². The third kappa shape index (κ3) is 5.30. The van der Waals surface area contributed by atoms with E-state index < -0.39 is 21.9 Å². The largest absolute Gasteiger partial charge is 0.744 e. The van der Waals surface area contributed by atoms with Gasteiger partial charge >= 0.3 is 6.18 Å². The summed E-state index contributed by atoms with van der Waals surface area (Å²) in [6.07, 6.45) is -2.39. The van der Waals surface area contributed by atoms with Crippen LogP contribution in [0.2, 0.25) is 0 Å².